The number of allylic oxidation sites excluding steroid dienone is 1. The normalized spacial score (nSPS) is 15.7. The van der Waals surface area contributed by atoms with E-state index in [1.54, 1.807) is 27.7 Å². The summed E-state index contributed by atoms with van der Waals surface area (Å²) in [4.78, 5) is 0. The zero-order valence-electron chi connectivity index (χ0n) is 18.8. The maximum absolute atomic E-state index is 10.3. The zero-order valence-corrected chi connectivity index (χ0v) is 18.8. The molecule has 0 spiro atoms. The summed E-state index contributed by atoms with van der Waals surface area (Å²) in [6.45, 7) is 14.7. The highest BCUT2D eigenvalue weighted by Gasteiger charge is 2.36. The minimum atomic E-state index is -0.918. The van der Waals surface area contributed by atoms with Crippen molar-refractivity contribution in [2.45, 2.75) is 90.6 Å². The van der Waals surface area contributed by atoms with Gasteiger partial charge in [-0.25, -0.2) is 0 Å². The van der Waals surface area contributed by atoms with Crippen LogP contribution in [0, 0.1) is 0 Å². The van der Waals surface area contributed by atoms with Crippen molar-refractivity contribution in [1.82, 2.24) is 0 Å². The fraction of sp³-hybridized carbons (Fsp3) is 0.636. The molecule has 0 aromatic heterocycles. The Labute approximate surface area is 171 Å². The van der Waals surface area contributed by atoms with Crippen molar-refractivity contribution in [3.05, 3.63) is 34.8 Å². The van der Waals surface area contributed by atoms with Crippen molar-refractivity contribution in [2.24, 2.45) is 0 Å². The highest BCUT2D eigenvalue weighted by molar-refractivity contribution is 6.47. The van der Waals surface area contributed by atoms with Crippen LogP contribution in [-0.4, -0.2) is 47.6 Å². The fourth-order valence-corrected chi connectivity index (χ4v) is 2.69. The third-order valence-corrected chi connectivity index (χ3v) is 6.45. The molecule has 0 atom stereocenters. The highest BCUT2D eigenvalue weighted by Crippen LogP contribution is 2.28. The largest absolute Gasteiger partial charge is 0.427 e. The van der Waals surface area contributed by atoms with Crippen LogP contribution in [0.2, 0.25) is 0 Å². The zero-order chi connectivity index (χ0) is 21.4. The number of fused-ring (bicyclic) bond motifs is 1. The van der Waals surface area contributed by atoms with E-state index in [0.717, 1.165) is 18.3 Å². The maximum atomic E-state index is 10.3. The van der Waals surface area contributed by atoms with Gasteiger partial charge in [-0.05, 0) is 79.4 Å². The van der Waals surface area contributed by atoms with E-state index in [-0.39, 0.29) is 0 Å². The third-order valence-electron chi connectivity index (χ3n) is 6.45. The highest BCUT2D eigenvalue weighted by atomic mass is 16.5. The molecule has 2 N–H and O–H groups in total. The average molecular weight is 386 g/mol. The van der Waals surface area contributed by atoms with Gasteiger partial charge in [0, 0.05) is 0 Å². The van der Waals surface area contributed by atoms with Crippen LogP contribution in [0.4, 0.5) is 0 Å². The first-order valence-electron chi connectivity index (χ1n) is 10.2. The fourth-order valence-electron chi connectivity index (χ4n) is 2.69. The van der Waals surface area contributed by atoms with E-state index in [9.17, 15) is 10.2 Å². The Hall–Kier alpha value is -1.07. The van der Waals surface area contributed by atoms with Gasteiger partial charge in [0.05, 0.1) is 22.4 Å². The first kappa shape index (κ1) is 23.2. The molecule has 1 aliphatic rings. The number of hydrogen-bond donors (Lipinski definition) is 2. The van der Waals surface area contributed by atoms with Crippen molar-refractivity contribution < 1.29 is 19.5 Å². The number of benzene rings is 1. The smallest absolute Gasteiger partial charge is 0.309 e. The Morgan fingerprint density at radius 3 is 1.86 bits per heavy atom. The molecule has 0 aliphatic heterocycles. The van der Waals surface area contributed by atoms with Gasteiger partial charge in [0.15, 0.2) is 0 Å². The van der Waals surface area contributed by atoms with Gasteiger partial charge in [-0.3, -0.25) is 0 Å². The molecule has 1 aliphatic carbocycles. The third kappa shape index (κ3) is 5.50. The van der Waals surface area contributed by atoms with Crippen molar-refractivity contribution >= 4 is 26.5 Å². The molecular formula is C22H36B2O4. The summed E-state index contributed by atoms with van der Waals surface area (Å²) in [6.07, 6.45) is 4.16. The second-order valence-electron chi connectivity index (χ2n) is 10.1. The van der Waals surface area contributed by atoms with E-state index in [1.807, 2.05) is 27.7 Å². The summed E-state index contributed by atoms with van der Waals surface area (Å²) in [6, 6.07) is 6.43. The predicted molar refractivity (Wildman–Crippen MR) is 120 cm³/mol. The molecule has 0 fully saturated rings. The standard InChI is InChI=1S/C22H36B2O4/c1-19(2,25)21(5,6)27-23-17-11-9-15-10-12-18(14-16(15)13-17)24-28-22(7,8)20(3,4)26/h9,11,13-14,23-26H,10,12H2,1-8H3. The van der Waals surface area contributed by atoms with Crippen molar-refractivity contribution in [3.63, 3.8) is 0 Å². The summed E-state index contributed by atoms with van der Waals surface area (Å²) in [5.74, 6) is 0. The SMILES string of the molecule is CC(C)(O)C(C)(C)OBC1=Cc2cc(BOC(C)(C)C(C)(C)O)ccc2CC1. The molecule has 1 aromatic rings. The molecule has 0 saturated heterocycles. The van der Waals surface area contributed by atoms with Crippen LogP contribution in [0.25, 0.3) is 6.08 Å². The molecular weight excluding hydrogens is 350 g/mol. The molecule has 0 bridgehead atoms. The van der Waals surface area contributed by atoms with Crippen LogP contribution in [0.5, 0.6) is 0 Å². The Bertz CT molecular complexity index is 725. The maximum Gasteiger partial charge on any atom is 0.309 e. The van der Waals surface area contributed by atoms with Gasteiger partial charge in [0.2, 0.25) is 0 Å². The topological polar surface area (TPSA) is 58.9 Å². The summed E-state index contributed by atoms with van der Waals surface area (Å²) in [5.41, 5.74) is 1.78. The average Bonchev–Trinajstić information content (AvgIpc) is 2.56. The lowest BCUT2D eigenvalue weighted by Gasteiger charge is -2.38. The van der Waals surface area contributed by atoms with Crippen LogP contribution >= 0.6 is 0 Å². The first-order valence-corrected chi connectivity index (χ1v) is 10.2. The first-order chi connectivity index (χ1) is 12.6. The molecule has 28 heavy (non-hydrogen) atoms. The van der Waals surface area contributed by atoms with Gasteiger partial charge < -0.3 is 19.5 Å². The van der Waals surface area contributed by atoms with E-state index in [2.05, 4.69) is 24.3 Å². The van der Waals surface area contributed by atoms with Crippen LogP contribution < -0.4 is 5.46 Å². The molecule has 0 heterocycles. The van der Waals surface area contributed by atoms with Gasteiger partial charge in [0.25, 0.3) is 0 Å². The molecule has 154 valence electrons. The lowest BCUT2D eigenvalue weighted by Crippen LogP contribution is -2.49. The van der Waals surface area contributed by atoms with Gasteiger partial charge in [-0.1, -0.05) is 35.2 Å². The Balaban J connectivity index is 2.09. The van der Waals surface area contributed by atoms with Crippen molar-refractivity contribution in [3.8, 4) is 0 Å². The van der Waals surface area contributed by atoms with Crippen LogP contribution in [0.3, 0.4) is 0 Å². The minimum absolute atomic E-state index is 0.454. The molecule has 6 heteroatoms. The molecule has 0 radical (unpaired) electrons. The van der Waals surface area contributed by atoms with Crippen LogP contribution in [0.15, 0.2) is 23.7 Å². The van der Waals surface area contributed by atoms with Gasteiger partial charge in [-0.2, -0.15) is 0 Å². The van der Waals surface area contributed by atoms with E-state index >= 15 is 0 Å². The molecule has 0 amide bonds. The number of aliphatic hydroxyl groups is 2. The molecule has 2 rings (SSSR count). The number of aryl methyl sites for hydroxylation is 1. The molecule has 1 aromatic carbocycles. The lowest BCUT2D eigenvalue weighted by atomic mass is 9.74. The molecule has 0 saturated carbocycles. The van der Waals surface area contributed by atoms with Crippen molar-refractivity contribution in [1.29, 1.82) is 0 Å². The Kier molecular flexibility index (Phi) is 6.62. The van der Waals surface area contributed by atoms with Crippen molar-refractivity contribution in [2.75, 3.05) is 0 Å². The number of hydrogen-bond acceptors (Lipinski definition) is 4. The second kappa shape index (κ2) is 7.98. The van der Waals surface area contributed by atoms with Gasteiger partial charge >= 0.3 is 15.0 Å². The summed E-state index contributed by atoms with van der Waals surface area (Å²) in [5, 5.41) is 20.5. The van der Waals surface area contributed by atoms with E-state index in [0.29, 0.717) is 15.0 Å². The predicted octanol–water partition coefficient (Wildman–Crippen LogP) is 2.43. The summed E-state index contributed by atoms with van der Waals surface area (Å²) >= 11 is 0. The Morgan fingerprint density at radius 1 is 0.786 bits per heavy atom. The summed E-state index contributed by atoms with van der Waals surface area (Å²) < 4.78 is 12.0. The molecule has 0 unspecified atom stereocenters. The van der Waals surface area contributed by atoms with E-state index < -0.39 is 22.4 Å². The second-order valence-corrected chi connectivity index (χ2v) is 10.1. The number of rotatable bonds is 8. The summed E-state index contributed by atoms with van der Waals surface area (Å²) in [7, 11) is 0.971. The Morgan fingerprint density at radius 2 is 1.32 bits per heavy atom. The van der Waals surface area contributed by atoms with Crippen LogP contribution in [-0.2, 0) is 15.7 Å². The lowest BCUT2D eigenvalue weighted by molar-refractivity contribution is -0.0897. The molecule has 4 nitrogen and oxygen atoms in total. The minimum Gasteiger partial charge on any atom is -0.427 e. The monoisotopic (exact) mass is 386 g/mol. The quantitative estimate of drug-likeness (QED) is 0.674. The van der Waals surface area contributed by atoms with E-state index in [4.69, 9.17) is 9.31 Å². The van der Waals surface area contributed by atoms with Crippen LogP contribution in [0.1, 0.15) is 72.9 Å². The van der Waals surface area contributed by atoms with E-state index in [1.165, 1.54) is 16.6 Å². The van der Waals surface area contributed by atoms with Gasteiger partial charge in [-0.15, -0.1) is 0 Å². The van der Waals surface area contributed by atoms with Gasteiger partial charge in [0.1, 0.15) is 0 Å².